The van der Waals surface area contributed by atoms with Gasteiger partial charge in [-0.15, -0.1) is 0 Å². The Morgan fingerprint density at radius 3 is 2.38 bits per heavy atom. The van der Waals surface area contributed by atoms with Gasteiger partial charge in [-0.2, -0.15) is 0 Å². The molecule has 1 heterocycles. The second kappa shape index (κ2) is 8.27. The van der Waals surface area contributed by atoms with Gasteiger partial charge in [-0.1, -0.05) is 23.7 Å². The third-order valence-electron chi connectivity index (χ3n) is 3.53. The Bertz CT molecular complexity index is 921. The van der Waals surface area contributed by atoms with Crippen molar-refractivity contribution in [2.24, 2.45) is 0 Å². The maximum Gasteiger partial charge on any atom is 0.248 e. The van der Waals surface area contributed by atoms with E-state index in [1.54, 1.807) is 18.2 Å². The fourth-order valence-corrected chi connectivity index (χ4v) is 2.36. The molecule has 0 saturated carbocycles. The lowest BCUT2D eigenvalue weighted by atomic mass is 10.2. The third-order valence-corrected chi connectivity index (χ3v) is 3.78. The van der Waals surface area contributed by atoms with Crippen LogP contribution in [0.2, 0.25) is 5.02 Å². The van der Waals surface area contributed by atoms with Crippen molar-refractivity contribution >= 4 is 40.8 Å². The summed E-state index contributed by atoms with van der Waals surface area (Å²) in [7, 11) is 0. The summed E-state index contributed by atoms with van der Waals surface area (Å²) in [5.41, 5.74) is 3.38. The lowest BCUT2D eigenvalue weighted by Gasteiger charge is -2.07. The Morgan fingerprint density at radius 2 is 1.69 bits per heavy atom. The molecule has 2 N–H and O–H groups in total. The topological polar surface area (TPSA) is 66.9 Å². The predicted octanol–water partition coefficient (Wildman–Crippen LogP) is 4.83. The summed E-state index contributed by atoms with van der Waals surface area (Å²) in [4.78, 5) is 20.2. The number of amides is 1. The summed E-state index contributed by atoms with van der Waals surface area (Å²) in [5, 5.41) is 6.67. The molecular weight excluding hydrogens is 348 g/mol. The van der Waals surface area contributed by atoms with Gasteiger partial charge in [-0.25, -0.2) is 9.97 Å². The van der Waals surface area contributed by atoms with Crippen LogP contribution in [0.1, 0.15) is 11.3 Å². The number of rotatable bonds is 5. The van der Waals surface area contributed by atoms with E-state index in [4.69, 9.17) is 11.6 Å². The first-order chi connectivity index (χ1) is 12.6. The highest BCUT2D eigenvalue weighted by molar-refractivity contribution is 6.30. The number of hydrogen-bond acceptors (Lipinski definition) is 4. The quantitative estimate of drug-likeness (QED) is 0.636. The third kappa shape index (κ3) is 5.16. The SMILES string of the molecule is Cc1cc(Nc2ccc(NC(=O)/C=C/c3ccc(Cl)cc3)cc2)ncn1. The number of nitrogens with one attached hydrogen (secondary N) is 2. The van der Waals surface area contributed by atoms with E-state index in [0.717, 1.165) is 22.8 Å². The number of carbonyl (C=O) groups is 1. The van der Waals surface area contributed by atoms with Gasteiger partial charge in [0.25, 0.3) is 0 Å². The smallest absolute Gasteiger partial charge is 0.248 e. The van der Waals surface area contributed by atoms with Crippen molar-refractivity contribution in [1.82, 2.24) is 9.97 Å². The maximum atomic E-state index is 12.0. The van der Waals surface area contributed by atoms with E-state index in [0.29, 0.717) is 10.7 Å². The highest BCUT2D eigenvalue weighted by Gasteiger charge is 2.00. The van der Waals surface area contributed by atoms with Gasteiger partial charge in [0.15, 0.2) is 0 Å². The molecule has 3 aromatic rings. The van der Waals surface area contributed by atoms with Crippen molar-refractivity contribution in [3.05, 3.63) is 83.3 Å². The molecule has 6 heteroatoms. The fourth-order valence-electron chi connectivity index (χ4n) is 2.24. The molecular formula is C20H17ClN4O. The second-order valence-corrected chi connectivity index (χ2v) is 6.06. The fraction of sp³-hybridized carbons (Fsp3) is 0.0500. The molecule has 2 aromatic carbocycles. The van der Waals surface area contributed by atoms with Gasteiger partial charge < -0.3 is 10.6 Å². The molecule has 0 bridgehead atoms. The van der Waals surface area contributed by atoms with Crippen molar-refractivity contribution in [1.29, 1.82) is 0 Å². The minimum Gasteiger partial charge on any atom is -0.340 e. The van der Waals surface area contributed by atoms with Gasteiger partial charge in [0, 0.05) is 34.2 Å². The zero-order valence-corrected chi connectivity index (χ0v) is 14.9. The molecule has 5 nitrogen and oxygen atoms in total. The Labute approximate surface area is 156 Å². The van der Waals surface area contributed by atoms with Gasteiger partial charge >= 0.3 is 0 Å². The van der Waals surface area contributed by atoms with Crippen LogP contribution in [0, 0.1) is 6.92 Å². The van der Waals surface area contributed by atoms with E-state index in [-0.39, 0.29) is 5.91 Å². The molecule has 0 atom stereocenters. The van der Waals surface area contributed by atoms with E-state index in [9.17, 15) is 4.79 Å². The molecule has 0 radical (unpaired) electrons. The van der Waals surface area contributed by atoms with Crippen molar-refractivity contribution < 1.29 is 4.79 Å². The standard InChI is InChI=1S/C20H17ClN4O/c1-14-12-19(23-13-22-14)24-17-7-9-18(10-8-17)25-20(26)11-4-15-2-5-16(21)6-3-15/h2-13H,1H3,(H,25,26)(H,22,23,24)/b11-4+. The second-order valence-electron chi connectivity index (χ2n) is 5.62. The lowest BCUT2D eigenvalue weighted by Crippen LogP contribution is -2.07. The Hall–Kier alpha value is -3.18. The largest absolute Gasteiger partial charge is 0.340 e. The van der Waals surface area contributed by atoms with Gasteiger partial charge in [-0.3, -0.25) is 4.79 Å². The number of aryl methyl sites for hydroxylation is 1. The number of benzene rings is 2. The van der Waals surface area contributed by atoms with E-state index in [1.165, 1.54) is 12.4 Å². The van der Waals surface area contributed by atoms with Gasteiger partial charge in [0.2, 0.25) is 5.91 Å². The van der Waals surface area contributed by atoms with Crippen molar-refractivity contribution in [3.8, 4) is 0 Å². The average Bonchev–Trinajstić information content (AvgIpc) is 2.63. The summed E-state index contributed by atoms with van der Waals surface area (Å²) in [5.74, 6) is 0.521. The highest BCUT2D eigenvalue weighted by atomic mass is 35.5. The van der Waals surface area contributed by atoms with Crippen molar-refractivity contribution in [2.75, 3.05) is 10.6 Å². The van der Waals surface area contributed by atoms with Crippen LogP contribution < -0.4 is 10.6 Å². The Balaban J connectivity index is 1.58. The van der Waals surface area contributed by atoms with E-state index in [1.807, 2.05) is 49.4 Å². The van der Waals surface area contributed by atoms with Crippen LogP contribution in [-0.2, 0) is 4.79 Å². The van der Waals surface area contributed by atoms with E-state index >= 15 is 0 Å². The van der Waals surface area contributed by atoms with Gasteiger partial charge in [0.05, 0.1) is 0 Å². The molecule has 3 rings (SSSR count). The highest BCUT2D eigenvalue weighted by Crippen LogP contribution is 2.18. The summed E-state index contributed by atoms with van der Waals surface area (Å²) in [6.45, 7) is 1.91. The number of anilines is 3. The number of aromatic nitrogens is 2. The van der Waals surface area contributed by atoms with Crippen LogP contribution in [0.15, 0.2) is 67.0 Å². The van der Waals surface area contributed by atoms with Crippen molar-refractivity contribution in [3.63, 3.8) is 0 Å². The van der Waals surface area contributed by atoms with E-state index in [2.05, 4.69) is 20.6 Å². The molecule has 130 valence electrons. The van der Waals surface area contributed by atoms with Crippen molar-refractivity contribution in [2.45, 2.75) is 6.92 Å². The van der Waals surface area contributed by atoms with Crippen LogP contribution in [0.4, 0.5) is 17.2 Å². The van der Waals surface area contributed by atoms with Crippen LogP contribution in [0.25, 0.3) is 6.08 Å². The first-order valence-electron chi connectivity index (χ1n) is 7.99. The van der Waals surface area contributed by atoms with Crippen LogP contribution in [0.3, 0.4) is 0 Å². The zero-order chi connectivity index (χ0) is 18.4. The molecule has 0 aliphatic heterocycles. The monoisotopic (exact) mass is 364 g/mol. The number of carbonyl (C=O) groups excluding carboxylic acids is 1. The Kier molecular flexibility index (Phi) is 5.61. The molecule has 1 amide bonds. The van der Waals surface area contributed by atoms with Gasteiger partial charge in [0.1, 0.15) is 12.1 Å². The lowest BCUT2D eigenvalue weighted by molar-refractivity contribution is -0.111. The predicted molar refractivity (Wildman–Crippen MR) is 106 cm³/mol. The molecule has 0 aliphatic rings. The van der Waals surface area contributed by atoms with E-state index < -0.39 is 0 Å². The Morgan fingerprint density at radius 1 is 1.00 bits per heavy atom. The number of halogens is 1. The minimum atomic E-state index is -0.202. The number of hydrogen-bond donors (Lipinski definition) is 2. The molecule has 0 fully saturated rings. The molecule has 0 unspecified atom stereocenters. The van der Waals surface area contributed by atoms with Crippen LogP contribution in [-0.4, -0.2) is 15.9 Å². The molecule has 1 aromatic heterocycles. The maximum absolute atomic E-state index is 12.0. The summed E-state index contributed by atoms with van der Waals surface area (Å²) in [6, 6.07) is 16.5. The summed E-state index contributed by atoms with van der Waals surface area (Å²) in [6.07, 6.45) is 4.73. The normalized spacial score (nSPS) is 10.7. The van der Waals surface area contributed by atoms with Gasteiger partial charge in [-0.05, 0) is 55.0 Å². The van der Waals surface area contributed by atoms with Crippen LogP contribution >= 0.6 is 11.6 Å². The molecule has 26 heavy (non-hydrogen) atoms. The first kappa shape index (κ1) is 17.6. The minimum absolute atomic E-state index is 0.202. The number of nitrogens with zero attached hydrogens (tertiary/aromatic N) is 2. The first-order valence-corrected chi connectivity index (χ1v) is 8.37. The summed E-state index contributed by atoms with van der Waals surface area (Å²) < 4.78 is 0. The zero-order valence-electron chi connectivity index (χ0n) is 14.1. The summed E-state index contributed by atoms with van der Waals surface area (Å²) >= 11 is 5.84. The molecule has 0 aliphatic carbocycles. The molecule has 0 spiro atoms. The van der Waals surface area contributed by atoms with Crippen LogP contribution in [0.5, 0.6) is 0 Å². The molecule has 0 saturated heterocycles. The average molecular weight is 365 g/mol.